The fraction of sp³-hybridized carbons (Fsp3) is 0.600. The van der Waals surface area contributed by atoms with Crippen LogP contribution in [0.2, 0.25) is 0 Å². The van der Waals surface area contributed by atoms with E-state index in [-0.39, 0.29) is 11.6 Å². The molecular formula is C10H16BrNOS. The maximum absolute atomic E-state index is 6.08. The van der Waals surface area contributed by atoms with Crippen molar-refractivity contribution in [3.8, 4) is 0 Å². The molecule has 1 aromatic rings. The first-order valence-electron chi connectivity index (χ1n) is 4.50. The van der Waals surface area contributed by atoms with Gasteiger partial charge >= 0.3 is 0 Å². The van der Waals surface area contributed by atoms with Crippen molar-refractivity contribution in [3.05, 3.63) is 20.8 Å². The summed E-state index contributed by atoms with van der Waals surface area (Å²) in [5.41, 5.74) is 5.81. The summed E-state index contributed by atoms with van der Waals surface area (Å²) < 4.78 is 6.50. The molecule has 0 saturated carbocycles. The van der Waals surface area contributed by atoms with Gasteiger partial charge in [0.15, 0.2) is 0 Å². The van der Waals surface area contributed by atoms with E-state index in [9.17, 15) is 0 Å². The van der Waals surface area contributed by atoms with E-state index in [0.717, 1.165) is 10.9 Å². The lowest BCUT2D eigenvalue weighted by atomic mass is 9.96. The Morgan fingerprint density at radius 2 is 2.29 bits per heavy atom. The van der Waals surface area contributed by atoms with Gasteiger partial charge < -0.3 is 10.5 Å². The number of rotatable bonds is 4. The molecule has 0 fully saturated rings. The standard InChI is InChI=1S/C10H16BrNOS/c1-10(2,13-3)9(12)6-8-7(11)4-5-14-8/h4-5,9H,6,12H2,1-3H3. The molecule has 4 heteroatoms. The molecule has 0 aliphatic heterocycles. The Morgan fingerprint density at radius 3 is 2.71 bits per heavy atom. The van der Waals surface area contributed by atoms with Gasteiger partial charge in [0.05, 0.1) is 5.60 Å². The summed E-state index contributed by atoms with van der Waals surface area (Å²) in [4.78, 5) is 1.28. The molecule has 0 amide bonds. The van der Waals surface area contributed by atoms with Gasteiger partial charge in [-0.3, -0.25) is 0 Å². The molecule has 0 aliphatic carbocycles. The summed E-state index contributed by atoms with van der Waals surface area (Å²) in [6.45, 7) is 4.03. The zero-order chi connectivity index (χ0) is 10.8. The van der Waals surface area contributed by atoms with Crippen molar-refractivity contribution in [1.29, 1.82) is 0 Å². The molecule has 1 unspecified atom stereocenters. The van der Waals surface area contributed by atoms with Gasteiger partial charge in [0, 0.05) is 28.9 Å². The Morgan fingerprint density at radius 1 is 1.64 bits per heavy atom. The van der Waals surface area contributed by atoms with Crippen LogP contribution in [0, 0.1) is 0 Å². The van der Waals surface area contributed by atoms with Crippen LogP contribution in [0.25, 0.3) is 0 Å². The van der Waals surface area contributed by atoms with E-state index in [2.05, 4.69) is 21.3 Å². The molecule has 0 aromatic carbocycles. The van der Waals surface area contributed by atoms with Crippen LogP contribution in [0.3, 0.4) is 0 Å². The third-order valence-electron chi connectivity index (χ3n) is 2.52. The minimum absolute atomic E-state index is 0.0162. The van der Waals surface area contributed by atoms with E-state index in [1.54, 1.807) is 18.4 Å². The molecule has 1 aromatic heterocycles. The molecule has 0 bridgehead atoms. The zero-order valence-corrected chi connectivity index (χ0v) is 11.1. The lowest BCUT2D eigenvalue weighted by Crippen LogP contribution is -2.45. The van der Waals surface area contributed by atoms with E-state index in [0.29, 0.717) is 0 Å². The van der Waals surface area contributed by atoms with Gasteiger partial charge in [-0.2, -0.15) is 0 Å². The topological polar surface area (TPSA) is 35.2 Å². The van der Waals surface area contributed by atoms with Gasteiger partial charge in [-0.1, -0.05) is 0 Å². The number of hydrogen-bond donors (Lipinski definition) is 1. The summed E-state index contributed by atoms with van der Waals surface area (Å²) >= 11 is 5.22. The average Bonchev–Trinajstić information content (AvgIpc) is 2.52. The van der Waals surface area contributed by atoms with Crippen LogP contribution in [0.5, 0.6) is 0 Å². The largest absolute Gasteiger partial charge is 0.377 e. The second-order valence-corrected chi connectivity index (χ2v) is 5.66. The summed E-state index contributed by atoms with van der Waals surface area (Å²) in [5, 5.41) is 2.06. The van der Waals surface area contributed by atoms with Crippen LogP contribution in [0.1, 0.15) is 18.7 Å². The third-order valence-corrected chi connectivity index (χ3v) is 4.46. The van der Waals surface area contributed by atoms with E-state index < -0.39 is 0 Å². The van der Waals surface area contributed by atoms with Crippen molar-refractivity contribution in [2.24, 2.45) is 5.73 Å². The molecular weight excluding hydrogens is 262 g/mol. The van der Waals surface area contributed by atoms with E-state index in [1.165, 1.54) is 4.88 Å². The quantitative estimate of drug-likeness (QED) is 0.919. The summed E-state index contributed by atoms with van der Waals surface area (Å²) in [6, 6.07) is 2.06. The van der Waals surface area contributed by atoms with Gasteiger partial charge in [-0.15, -0.1) is 11.3 Å². The molecule has 0 spiro atoms. The van der Waals surface area contributed by atoms with Gasteiger partial charge in [0.1, 0.15) is 0 Å². The average molecular weight is 278 g/mol. The van der Waals surface area contributed by atoms with Crippen molar-refractivity contribution >= 4 is 27.3 Å². The van der Waals surface area contributed by atoms with Crippen LogP contribution in [0.15, 0.2) is 15.9 Å². The SMILES string of the molecule is COC(C)(C)C(N)Cc1sccc1Br. The molecule has 2 nitrogen and oxygen atoms in total. The molecule has 0 saturated heterocycles. The maximum Gasteiger partial charge on any atom is 0.0776 e. The third kappa shape index (κ3) is 2.79. The first-order valence-corrected chi connectivity index (χ1v) is 6.17. The van der Waals surface area contributed by atoms with Crippen LogP contribution in [0.4, 0.5) is 0 Å². The van der Waals surface area contributed by atoms with Crippen molar-refractivity contribution in [2.45, 2.75) is 31.9 Å². The number of halogens is 1. The van der Waals surface area contributed by atoms with E-state index in [4.69, 9.17) is 10.5 Å². The minimum Gasteiger partial charge on any atom is -0.377 e. The van der Waals surface area contributed by atoms with Crippen molar-refractivity contribution in [2.75, 3.05) is 7.11 Å². The fourth-order valence-electron chi connectivity index (χ4n) is 1.07. The first-order chi connectivity index (χ1) is 6.47. The summed E-state index contributed by atoms with van der Waals surface area (Å²) in [6.07, 6.45) is 0.846. The predicted octanol–water partition coefficient (Wildman–Crippen LogP) is 2.81. The first kappa shape index (κ1) is 12.2. The fourth-order valence-corrected chi connectivity index (χ4v) is 2.64. The highest BCUT2D eigenvalue weighted by atomic mass is 79.9. The Labute approximate surface area is 97.6 Å². The van der Waals surface area contributed by atoms with Crippen LogP contribution in [-0.2, 0) is 11.2 Å². The van der Waals surface area contributed by atoms with Crippen molar-refractivity contribution in [1.82, 2.24) is 0 Å². The van der Waals surface area contributed by atoms with Gasteiger partial charge in [-0.25, -0.2) is 0 Å². The number of thiophene rings is 1. The van der Waals surface area contributed by atoms with Crippen LogP contribution < -0.4 is 5.73 Å². The van der Waals surface area contributed by atoms with Crippen LogP contribution >= 0.6 is 27.3 Å². The predicted molar refractivity (Wildman–Crippen MR) is 64.8 cm³/mol. The van der Waals surface area contributed by atoms with E-state index in [1.807, 2.05) is 19.9 Å². The lowest BCUT2D eigenvalue weighted by Gasteiger charge is -2.29. The van der Waals surface area contributed by atoms with Crippen molar-refractivity contribution in [3.63, 3.8) is 0 Å². The highest BCUT2D eigenvalue weighted by Crippen LogP contribution is 2.26. The number of hydrogen-bond acceptors (Lipinski definition) is 3. The molecule has 1 atom stereocenters. The monoisotopic (exact) mass is 277 g/mol. The second kappa shape index (κ2) is 4.75. The Balaban J connectivity index is 2.66. The summed E-state index contributed by atoms with van der Waals surface area (Å²) in [5.74, 6) is 0. The second-order valence-electron chi connectivity index (χ2n) is 3.81. The van der Waals surface area contributed by atoms with Crippen molar-refractivity contribution < 1.29 is 4.74 Å². The molecule has 80 valence electrons. The number of ether oxygens (including phenoxy) is 1. The Bertz CT molecular complexity index is 298. The molecule has 1 heterocycles. The number of methoxy groups -OCH3 is 1. The van der Waals surface area contributed by atoms with Gasteiger partial charge in [-0.05, 0) is 41.2 Å². The highest BCUT2D eigenvalue weighted by molar-refractivity contribution is 9.10. The molecule has 0 radical (unpaired) electrons. The van der Waals surface area contributed by atoms with Crippen LogP contribution in [-0.4, -0.2) is 18.8 Å². The normalized spacial score (nSPS) is 14.4. The Hall–Kier alpha value is 0.100. The molecule has 0 aliphatic rings. The zero-order valence-electron chi connectivity index (χ0n) is 8.71. The lowest BCUT2D eigenvalue weighted by molar-refractivity contribution is 0.000965. The molecule has 2 N–H and O–H groups in total. The number of nitrogens with two attached hydrogens (primary N) is 1. The smallest absolute Gasteiger partial charge is 0.0776 e. The molecule has 14 heavy (non-hydrogen) atoms. The Kier molecular flexibility index (Phi) is 4.13. The van der Waals surface area contributed by atoms with Gasteiger partial charge in [0.2, 0.25) is 0 Å². The van der Waals surface area contributed by atoms with E-state index >= 15 is 0 Å². The minimum atomic E-state index is -0.274. The highest BCUT2D eigenvalue weighted by Gasteiger charge is 2.26. The molecule has 1 rings (SSSR count). The summed E-state index contributed by atoms with van der Waals surface area (Å²) in [7, 11) is 1.70. The van der Waals surface area contributed by atoms with Gasteiger partial charge in [0.25, 0.3) is 0 Å². The maximum atomic E-state index is 6.08.